The molecule has 1 aromatic carbocycles. The van der Waals surface area contributed by atoms with E-state index in [4.69, 9.17) is 28.8 Å². The monoisotopic (exact) mass is 957 g/mol. The molecule has 1 fully saturated rings. The Morgan fingerprint density at radius 3 is 2.37 bits per heavy atom. The molecule has 1 aliphatic rings. The number of carbonyl (C=O) groups is 4. The van der Waals surface area contributed by atoms with Gasteiger partial charge < -0.3 is 55.6 Å². The first-order chi connectivity index (χ1) is 28.8. The number of aliphatic hydroxyl groups excluding tert-OH is 2. The summed E-state index contributed by atoms with van der Waals surface area (Å²) in [6, 6.07) is 8.59. The van der Waals surface area contributed by atoms with Gasteiger partial charge in [0, 0.05) is 30.7 Å². The van der Waals surface area contributed by atoms with Crippen LogP contribution in [0.3, 0.4) is 0 Å². The highest BCUT2D eigenvalue weighted by Crippen LogP contribution is 2.61. The van der Waals surface area contributed by atoms with Gasteiger partial charge in [-0.05, 0) is 19.1 Å². The zero-order valence-corrected chi connectivity index (χ0v) is 36.6. The van der Waals surface area contributed by atoms with Gasteiger partial charge in [-0.25, -0.2) is 28.6 Å². The number of para-hydroxylation sites is 1. The predicted molar refractivity (Wildman–Crippen MR) is 213 cm³/mol. The van der Waals surface area contributed by atoms with Crippen molar-refractivity contribution in [3.8, 4) is 5.75 Å². The fraction of sp³-hybridized carbons (Fsp3) is 0.531. The lowest BCUT2D eigenvalue weighted by molar-refractivity contribution is -0.137. The molecule has 3 heterocycles. The van der Waals surface area contributed by atoms with E-state index >= 15 is 0 Å². The van der Waals surface area contributed by atoms with Crippen LogP contribution in [0.1, 0.15) is 33.6 Å². The normalized spacial score (nSPS) is 21.7. The molecule has 2 aromatic heterocycles. The van der Waals surface area contributed by atoms with Gasteiger partial charge in [0.2, 0.25) is 11.8 Å². The molecule has 0 spiro atoms. The molecule has 7 unspecified atom stereocenters. The third kappa shape index (κ3) is 14.7. The van der Waals surface area contributed by atoms with Gasteiger partial charge in [0.25, 0.3) is 0 Å². The largest absolute Gasteiger partial charge is 0.486 e. The number of aliphatic hydroxyl groups is 2. The summed E-state index contributed by atoms with van der Waals surface area (Å²) in [5.74, 6) is -1.35. The first-order valence-electron chi connectivity index (χ1n) is 18.1. The number of ketones is 1. The van der Waals surface area contributed by atoms with E-state index in [2.05, 4.69) is 29.9 Å². The summed E-state index contributed by atoms with van der Waals surface area (Å²) in [6.45, 7) is 1.16. The molecular formula is C32H46N7O19P3S. The summed E-state index contributed by atoms with van der Waals surface area (Å²) < 4.78 is 68.1. The molecule has 0 bridgehead atoms. The van der Waals surface area contributed by atoms with Gasteiger partial charge in [-0.2, -0.15) is 4.31 Å². The van der Waals surface area contributed by atoms with Crippen LogP contribution in [0.15, 0.2) is 43.0 Å². The van der Waals surface area contributed by atoms with Crippen LogP contribution >= 0.6 is 35.2 Å². The highest BCUT2D eigenvalue weighted by atomic mass is 32.2. The number of Topliss-reactive ketones (excluding diaryl/α,β-unsaturated/α-hetero) is 1. The maximum Gasteiger partial charge on any atom is 0.481 e. The van der Waals surface area contributed by atoms with Gasteiger partial charge in [-0.15, -0.1) is 0 Å². The molecule has 0 aliphatic carbocycles. The minimum Gasteiger partial charge on any atom is -0.486 e. The number of phosphoric ester groups is 3. The minimum absolute atomic E-state index is 0.00902. The second kappa shape index (κ2) is 21.3. The number of nitrogens with zero attached hydrogens (tertiary/aromatic N) is 4. The number of ether oxygens (including phenoxy) is 2. The van der Waals surface area contributed by atoms with Crippen molar-refractivity contribution in [2.75, 3.05) is 44.4 Å². The Morgan fingerprint density at radius 1 is 1.02 bits per heavy atom. The van der Waals surface area contributed by atoms with Crippen LogP contribution in [0, 0.1) is 5.41 Å². The molecular weight excluding hydrogens is 911 g/mol. The quantitative estimate of drug-likeness (QED) is 0.0321. The number of amides is 2. The number of thioether (sulfide) groups is 1. The molecule has 0 saturated carbocycles. The Bertz CT molecular complexity index is 2220. The molecule has 4 rings (SSSR count). The smallest absolute Gasteiger partial charge is 0.481 e. The van der Waals surface area contributed by atoms with Gasteiger partial charge >= 0.3 is 23.5 Å². The number of nitrogen functional groups attached to an aromatic ring is 1. The lowest BCUT2D eigenvalue weighted by Crippen LogP contribution is -2.46. The van der Waals surface area contributed by atoms with E-state index in [0.717, 1.165) is 29.0 Å². The molecule has 7 atom stereocenters. The Morgan fingerprint density at radius 2 is 1.69 bits per heavy atom. The lowest BCUT2D eigenvalue weighted by atomic mass is 9.87. The number of benzene rings is 1. The molecule has 1 aliphatic heterocycles. The van der Waals surface area contributed by atoms with E-state index in [1.54, 1.807) is 30.3 Å². The number of phosphoric acid groups is 3. The average molecular weight is 958 g/mol. The van der Waals surface area contributed by atoms with Crippen molar-refractivity contribution in [1.29, 1.82) is 0 Å². The van der Waals surface area contributed by atoms with Gasteiger partial charge in [-0.1, -0.05) is 43.8 Å². The molecule has 1 saturated heterocycles. The highest BCUT2D eigenvalue weighted by Gasteiger charge is 2.57. The van der Waals surface area contributed by atoms with Crippen molar-refractivity contribution in [2.24, 2.45) is 5.41 Å². The topological polar surface area (TPSA) is 390 Å². The summed E-state index contributed by atoms with van der Waals surface area (Å²) in [7, 11) is -16.5. The Hall–Kier alpha value is -3.75. The number of carbonyl (C=O) groups excluding carboxylic acids is 4. The third-order valence-corrected chi connectivity index (χ3v) is 12.7. The average Bonchev–Trinajstić information content (AvgIpc) is 3.73. The van der Waals surface area contributed by atoms with E-state index in [-0.39, 0.29) is 55.3 Å². The van der Waals surface area contributed by atoms with Crippen LogP contribution in [0.5, 0.6) is 5.75 Å². The SMILES string of the molecule is CC(C)(COP(=O)(O)OP(=O)(O)OCC1OC(C)(n2cnc3c(N)ncnc32)C(O)C1OP(=O)(O)O)C(O)C(=O)NCCC(=O)NCCSC(=O)CC(=O)COc1ccccc1. The maximum atomic E-state index is 12.8. The Balaban J connectivity index is 1.19. The Kier molecular flexibility index (Phi) is 17.5. The summed E-state index contributed by atoms with van der Waals surface area (Å²) in [5, 5.41) is 26.2. The van der Waals surface area contributed by atoms with Crippen LogP contribution in [0.2, 0.25) is 0 Å². The second-order valence-corrected chi connectivity index (χ2v) is 19.6. The molecule has 2 amide bonds. The van der Waals surface area contributed by atoms with Crippen LogP contribution < -0.4 is 21.1 Å². The van der Waals surface area contributed by atoms with E-state index in [0.29, 0.717) is 5.75 Å². The standard InChI is InChI=1S/C32H46N7O19P3S/c1-31(2,27(44)30(45)35-10-9-22(41)34-11-12-62-23(42)13-19(40)14-53-20-7-5-4-6-8-20)16-55-61(51,52)58-60(49,50)54-15-21-25(57-59(46,47)48)26(43)32(3,56-21)39-18-38-24-28(33)36-17-37-29(24)39/h4-8,17-18,21,25-27,43-44H,9-16H2,1-3H3,(H,34,41)(H,35,45)(H,49,50)(H,51,52)(H2,33,36,37)(H2,46,47,48). The molecule has 0 radical (unpaired) electrons. The van der Waals surface area contributed by atoms with E-state index < -0.39 is 95.0 Å². The zero-order chi connectivity index (χ0) is 46.1. The molecule has 10 N–H and O–H groups in total. The van der Waals surface area contributed by atoms with Crippen molar-refractivity contribution in [3.05, 3.63) is 43.0 Å². The number of fused-ring (bicyclic) bond motifs is 1. The first kappa shape index (κ1) is 50.9. The molecule has 3 aromatic rings. The number of hydrogen-bond donors (Lipinski definition) is 9. The third-order valence-electron chi connectivity index (χ3n) is 8.74. The van der Waals surface area contributed by atoms with Gasteiger partial charge in [-0.3, -0.25) is 37.3 Å². The summed E-state index contributed by atoms with van der Waals surface area (Å²) in [5.41, 5.74) is 2.24. The van der Waals surface area contributed by atoms with Crippen molar-refractivity contribution >= 4 is 74.9 Å². The highest BCUT2D eigenvalue weighted by molar-refractivity contribution is 8.13. The van der Waals surface area contributed by atoms with Crippen molar-refractivity contribution < 1.29 is 90.0 Å². The van der Waals surface area contributed by atoms with Gasteiger partial charge in [0.15, 0.2) is 28.1 Å². The fourth-order valence-corrected chi connectivity index (χ4v) is 9.07. The lowest BCUT2D eigenvalue weighted by Gasteiger charge is -2.30. The number of hydrogen-bond acceptors (Lipinski definition) is 20. The molecule has 26 nitrogen and oxygen atoms in total. The second-order valence-electron chi connectivity index (χ2n) is 14.2. The van der Waals surface area contributed by atoms with Crippen molar-refractivity contribution in [3.63, 3.8) is 0 Å². The van der Waals surface area contributed by atoms with Crippen LogP contribution in [-0.2, 0) is 61.2 Å². The summed E-state index contributed by atoms with van der Waals surface area (Å²) in [4.78, 5) is 100. The fourth-order valence-electron chi connectivity index (χ4n) is 5.55. The number of nitrogens with one attached hydrogen (secondary N) is 2. The maximum absolute atomic E-state index is 12.8. The number of aromatic nitrogens is 4. The van der Waals surface area contributed by atoms with E-state index in [1.807, 2.05) is 0 Å². The Labute approximate surface area is 356 Å². The number of nitrogens with two attached hydrogens (primary N) is 1. The predicted octanol–water partition coefficient (Wildman–Crippen LogP) is -0.123. The van der Waals surface area contributed by atoms with Gasteiger partial charge in [0.05, 0.1) is 26.0 Å². The zero-order valence-electron chi connectivity index (χ0n) is 33.1. The summed E-state index contributed by atoms with van der Waals surface area (Å²) in [6.07, 6.45) is -6.02. The van der Waals surface area contributed by atoms with E-state index in [1.165, 1.54) is 20.8 Å². The molecule has 344 valence electrons. The number of rotatable bonds is 24. The summed E-state index contributed by atoms with van der Waals surface area (Å²) >= 11 is 0.844. The van der Waals surface area contributed by atoms with Crippen molar-refractivity contribution in [2.45, 2.75) is 63.8 Å². The molecule has 62 heavy (non-hydrogen) atoms. The van der Waals surface area contributed by atoms with E-state index in [9.17, 15) is 62.7 Å². The number of imidazole rings is 1. The molecule has 30 heteroatoms. The first-order valence-corrected chi connectivity index (χ1v) is 23.6. The minimum atomic E-state index is -5.62. The number of anilines is 1. The van der Waals surface area contributed by atoms with Crippen LogP contribution in [-0.4, -0.2) is 135 Å². The van der Waals surface area contributed by atoms with Crippen LogP contribution in [0.4, 0.5) is 5.82 Å². The van der Waals surface area contributed by atoms with Crippen LogP contribution in [0.25, 0.3) is 11.2 Å². The van der Waals surface area contributed by atoms with Gasteiger partial charge in [0.1, 0.15) is 48.6 Å². The van der Waals surface area contributed by atoms with Crippen molar-refractivity contribution in [1.82, 2.24) is 30.2 Å².